The van der Waals surface area contributed by atoms with Gasteiger partial charge in [0.1, 0.15) is 5.82 Å². The molecule has 1 aliphatic heterocycles. The fraction of sp³-hybridized carbons (Fsp3) is 0.278. The van der Waals surface area contributed by atoms with Gasteiger partial charge in [0.25, 0.3) is 0 Å². The predicted molar refractivity (Wildman–Crippen MR) is 82.3 cm³/mol. The molecule has 2 aromatic rings. The number of fused-ring (bicyclic) bond motifs is 1. The average Bonchev–Trinajstić information content (AvgIpc) is 2.78. The molecule has 0 spiro atoms. The van der Waals surface area contributed by atoms with E-state index in [4.69, 9.17) is 0 Å². The molecule has 2 aromatic carbocycles. The lowest BCUT2D eigenvalue weighted by atomic mass is 9.75. The molecule has 1 atom stereocenters. The molecular weight excluding hydrogens is 322 g/mol. The highest BCUT2D eigenvalue weighted by molar-refractivity contribution is 6.09. The summed E-state index contributed by atoms with van der Waals surface area (Å²) in [5.41, 5.74) is -2.15. The third-order valence-corrected chi connectivity index (χ3v) is 4.45. The summed E-state index contributed by atoms with van der Waals surface area (Å²) in [6, 6.07) is 10.7. The summed E-state index contributed by atoms with van der Waals surface area (Å²) in [4.78, 5) is 13.9. The summed E-state index contributed by atoms with van der Waals surface area (Å²) in [6.07, 6.45) is -5.32. The zero-order chi connectivity index (χ0) is 17.5. The number of rotatable bonds is 3. The molecule has 0 saturated heterocycles. The summed E-state index contributed by atoms with van der Waals surface area (Å²) in [5.74, 6) is -1.52. The van der Waals surface area contributed by atoms with Crippen LogP contribution in [0.2, 0.25) is 0 Å². The molecule has 0 N–H and O–H groups in total. The largest absolute Gasteiger partial charge is 0.407 e. The van der Waals surface area contributed by atoms with Gasteiger partial charge >= 0.3 is 6.18 Å². The number of carbonyl (C=O) groups excluding carboxylic acids is 1. The molecule has 3 rings (SSSR count). The van der Waals surface area contributed by atoms with E-state index in [2.05, 4.69) is 0 Å². The van der Waals surface area contributed by atoms with E-state index in [-0.39, 0.29) is 23.4 Å². The van der Waals surface area contributed by atoms with Gasteiger partial charge in [0.15, 0.2) is 5.41 Å². The van der Waals surface area contributed by atoms with Gasteiger partial charge in [0.05, 0.1) is 0 Å². The first-order valence-electron chi connectivity index (χ1n) is 7.54. The number of anilines is 1. The van der Waals surface area contributed by atoms with Gasteiger partial charge in [-0.1, -0.05) is 30.3 Å². The van der Waals surface area contributed by atoms with Crippen LogP contribution < -0.4 is 4.90 Å². The topological polar surface area (TPSA) is 20.3 Å². The van der Waals surface area contributed by atoms with Crippen molar-refractivity contribution in [3.05, 3.63) is 65.5 Å². The summed E-state index contributed by atoms with van der Waals surface area (Å²) in [6.45, 7) is 1.79. The van der Waals surface area contributed by atoms with Crippen LogP contribution in [0.3, 0.4) is 0 Å². The van der Waals surface area contributed by atoms with E-state index in [1.807, 2.05) is 0 Å². The van der Waals surface area contributed by atoms with E-state index < -0.39 is 29.7 Å². The lowest BCUT2D eigenvalue weighted by molar-refractivity contribution is -0.191. The number of carbonyl (C=O) groups is 1. The third-order valence-electron chi connectivity index (χ3n) is 4.45. The van der Waals surface area contributed by atoms with Gasteiger partial charge in [-0.15, -0.1) is 0 Å². The van der Waals surface area contributed by atoms with E-state index >= 15 is 0 Å². The van der Waals surface area contributed by atoms with Gasteiger partial charge in [-0.25, -0.2) is 4.39 Å². The molecule has 6 heteroatoms. The Bertz CT molecular complexity index is 769. The molecule has 126 valence electrons. The smallest absolute Gasteiger partial charge is 0.311 e. The number of amides is 1. The van der Waals surface area contributed by atoms with Gasteiger partial charge in [-0.2, -0.15) is 13.2 Å². The highest BCUT2D eigenvalue weighted by Crippen LogP contribution is 2.52. The molecule has 24 heavy (non-hydrogen) atoms. The van der Waals surface area contributed by atoms with Gasteiger partial charge in [-0.3, -0.25) is 4.79 Å². The van der Waals surface area contributed by atoms with E-state index in [0.717, 1.165) is 17.0 Å². The number of hydrogen-bond acceptors (Lipinski definition) is 1. The Kier molecular flexibility index (Phi) is 3.86. The van der Waals surface area contributed by atoms with Crippen molar-refractivity contribution in [2.24, 2.45) is 0 Å². The summed E-state index contributed by atoms with van der Waals surface area (Å²) >= 11 is 0. The maximum absolute atomic E-state index is 14.1. The van der Waals surface area contributed by atoms with Gasteiger partial charge in [0, 0.05) is 17.8 Å². The summed E-state index contributed by atoms with van der Waals surface area (Å²) in [5, 5.41) is 0. The molecule has 2 nitrogen and oxygen atoms in total. The van der Waals surface area contributed by atoms with Crippen molar-refractivity contribution in [1.82, 2.24) is 0 Å². The van der Waals surface area contributed by atoms with Crippen LogP contribution in [0, 0.1) is 5.82 Å². The maximum atomic E-state index is 14.1. The van der Waals surface area contributed by atoms with Crippen LogP contribution in [-0.2, 0) is 16.6 Å². The van der Waals surface area contributed by atoms with E-state index in [1.165, 1.54) is 30.3 Å². The fourth-order valence-electron chi connectivity index (χ4n) is 3.29. The highest BCUT2D eigenvalue weighted by Gasteiger charge is 2.66. The van der Waals surface area contributed by atoms with Crippen LogP contribution in [0.4, 0.5) is 23.2 Å². The SMILES string of the molecule is CCN1C(=O)C(Cc2ccc(F)cc2)(C(F)(F)F)c2ccccc21. The Hall–Kier alpha value is -2.37. The van der Waals surface area contributed by atoms with Gasteiger partial charge in [0.2, 0.25) is 5.91 Å². The number of para-hydroxylation sites is 1. The van der Waals surface area contributed by atoms with Crippen LogP contribution in [0.25, 0.3) is 0 Å². The minimum atomic E-state index is -4.77. The van der Waals surface area contributed by atoms with Gasteiger partial charge in [-0.05, 0) is 37.1 Å². The number of benzene rings is 2. The molecular formula is C18H15F4NO. The molecule has 0 aliphatic carbocycles. The van der Waals surface area contributed by atoms with Crippen LogP contribution >= 0.6 is 0 Å². The zero-order valence-electron chi connectivity index (χ0n) is 12.9. The molecule has 1 unspecified atom stereocenters. The van der Waals surface area contributed by atoms with Crippen molar-refractivity contribution in [1.29, 1.82) is 0 Å². The summed E-state index contributed by atoms with van der Waals surface area (Å²) < 4.78 is 55.4. The number of alkyl halides is 3. The standard InChI is InChI=1S/C18H15F4NO/c1-2-23-15-6-4-3-5-14(15)17(16(23)24,18(20,21)22)11-12-7-9-13(19)10-8-12/h3-10H,2,11H2,1H3. The second-order valence-electron chi connectivity index (χ2n) is 5.77. The van der Waals surface area contributed by atoms with Crippen molar-refractivity contribution in [2.45, 2.75) is 24.9 Å². The number of hydrogen-bond donors (Lipinski definition) is 0. The van der Waals surface area contributed by atoms with Gasteiger partial charge < -0.3 is 4.90 Å². The zero-order valence-corrected chi connectivity index (χ0v) is 12.9. The fourth-order valence-corrected chi connectivity index (χ4v) is 3.29. The lowest BCUT2D eigenvalue weighted by Gasteiger charge is -2.31. The molecule has 0 aromatic heterocycles. The predicted octanol–water partition coefficient (Wildman–Crippen LogP) is 4.24. The van der Waals surface area contributed by atoms with Crippen molar-refractivity contribution in [2.75, 3.05) is 11.4 Å². The van der Waals surface area contributed by atoms with Crippen LogP contribution in [-0.4, -0.2) is 18.6 Å². The second kappa shape index (κ2) is 5.61. The van der Waals surface area contributed by atoms with E-state index in [9.17, 15) is 22.4 Å². The highest BCUT2D eigenvalue weighted by atomic mass is 19.4. The van der Waals surface area contributed by atoms with Crippen molar-refractivity contribution < 1.29 is 22.4 Å². The average molecular weight is 337 g/mol. The first-order chi connectivity index (χ1) is 11.3. The van der Waals surface area contributed by atoms with Crippen LogP contribution in [0.5, 0.6) is 0 Å². The molecule has 1 amide bonds. The Morgan fingerprint density at radius 1 is 1.04 bits per heavy atom. The quantitative estimate of drug-likeness (QED) is 0.768. The molecule has 1 aliphatic rings. The first kappa shape index (κ1) is 16.5. The van der Waals surface area contributed by atoms with E-state index in [0.29, 0.717) is 0 Å². The van der Waals surface area contributed by atoms with Crippen LogP contribution in [0.1, 0.15) is 18.1 Å². The maximum Gasteiger partial charge on any atom is 0.407 e. The first-order valence-corrected chi connectivity index (χ1v) is 7.54. The van der Waals surface area contributed by atoms with E-state index in [1.54, 1.807) is 13.0 Å². The third kappa shape index (κ3) is 2.28. The Labute approximate surface area is 136 Å². The second-order valence-corrected chi connectivity index (χ2v) is 5.77. The Morgan fingerprint density at radius 3 is 2.25 bits per heavy atom. The molecule has 0 fully saturated rings. The lowest BCUT2D eigenvalue weighted by Crippen LogP contribution is -2.52. The Balaban J connectivity index is 2.20. The number of likely N-dealkylation sites (N-methyl/N-ethyl adjacent to an activating group) is 1. The summed E-state index contributed by atoms with van der Waals surface area (Å²) in [7, 11) is 0. The van der Waals surface area contributed by atoms with Crippen molar-refractivity contribution in [3.8, 4) is 0 Å². The molecule has 1 heterocycles. The van der Waals surface area contributed by atoms with Crippen molar-refractivity contribution in [3.63, 3.8) is 0 Å². The molecule has 0 saturated carbocycles. The molecule has 0 bridgehead atoms. The number of nitrogens with zero attached hydrogens (tertiary/aromatic N) is 1. The normalized spacial score (nSPS) is 20.4. The minimum absolute atomic E-state index is 0.0475. The minimum Gasteiger partial charge on any atom is -0.311 e. The number of halogens is 4. The van der Waals surface area contributed by atoms with Crippen molar-refractivity contribution >= 4 is 11.6 Å². The van der Waals surface area contributed by atoms with Crippen LogP contribution in [0.15, 0.2) is 48.5 Å². The monoisotopic (exact) mass is 337 g/mol. The Morgan fingerprint density at radius 2 is 1.67 bits per heavy atom. The molecule has 0 radical (unpaired) electrons.